The second-order valence-electron chi connectivity index (χ2n) is 2.41. The third kappa shape index (κ3) is 2.18. The molecule has 0 aliphatic carbocycles. The smallest absolute Gasteiger partial charge is 0.365 e. The zero-order valence-electron chi connectivity index (χ0n) is 6.97. The summed E-state index contributed by atoms with van der Waals surface area (Å²) in [5.74, 6) is 0.471. The largest absolute Gasteiger partial charge is 0.372 e. The molecule has 0 saturated heterocycles. The minimum Gasteiger partial charge on any atom is -0.372 e. The van der Waals surface area contributed by atoms with Gasteiger partial charge in [0.2, 0.25) is 0 Å². The summed E-state index contributed by atoms with van der Waals surface area (Å²) < 4.78 is 12.4. The minimum absolute atomic E-state index is 0.471. The second kappa shape index (κ2) is 3.74. The molecule has 0 aromatic carbocycles. The summed E-state index contributed by atoms with van der Waals surface area (Å²) in [5.41, 5.74) is 0. The standard InChI is InChI=1S/C7H9ClFN3O/c1-2-10-5-3-4-11-7(8,12-5)6(9)13/h3-4,10,12H,2H2,1H3. The summed E-state index contributed by atoms with van der Waals surface area (Å²) >= 11 is 5.53. The minimum atomic E-state index is -1.99. The van der Waals surface area contributed by atoms with Gasteiger partial charge in [0.15, 0.2) is 0 Å². The molecule has 13 heavy (non-hydrogen) atoms. The van der Waals surface area contributed by atoms with Crippen molar-refractivity contribution in [2.75, 3.05) is 6.54 Å². The lowest BCUT2D eigenvalue weighted by molar-refractivity contribution is -0.132. The Bertz CT molecular complexity index is 279. The highest BCUT2D eigenvalue weighted by Gasteiger charge is 2.37. The van der Waals surface area contributed by atoms with Crippen molar-refractivity contribution < 1.29 is 9.18 Å². The SMILES string of the molecule is CCNC1=CC=NC(Cl)(C(=O)F)N1. The Hall–Kier alpha value is -1.10. The molecule has 72 valence electrons. The Morgan fingerprint density at radius 3 is 3.15 bits per heavy atom. The van der Waals surface area contributed by atoms with E-state index in [1.165, 1.54) is 6.21 Å². The first-order valence-electron chi connectivity index (χ1n) is 3.75. The molecule has 1 heterocycles. The van der Waals surface area contributed by atoms with Crippen LogP contribution in [0.2, 0.25) is 0 Å². The van der Waals surface area contributed by atoms with Crippen LogP contribution >= 0.6 is 11.6 Å². The lowest BCUT2D eigenvalue weighted by Crippen LogP contribution is -2.48. The van der Waals surface area contributed by atoms with Crippen molar-refractivity contribution in [3.8, 4) is 0 Å². The van der Waals surface area contributed by atoms with E-state index in [1.54, 1.807) is 6.08 Å². The molecule has 1 aliphatic heterocycles. The van der Waals surface area contributed by atoms with Gasteiger partial charge < -0.3 is 10.6 Å². The van der Waals surface area contributed by atoms with E-state index in [4.69, 9.17) is 11.6 Å². The lowest BCUT2D eigenvalue weighted by atomic mass is 10.4. The van der Waals surface area contributed by atoms with E-state index in [-0.39, 0.29) is 0 Å². The van der Waals surface area contributed by atoms with Gasteiger partial charge in [-0.1, -0.05) is 11.6 Å². The number of rotatable bonds is 3. The third-order valence-electron chi connectivity index (χ3n) is 1.42. The Balaban J connectivity index is 2.74. The fourth-order valence-corrected chi connectivity index (χ4v) is 1.02. The van der Waals surface area contributed by atoms with Crippen molar-refractivity contribution in [2.45, 2.75) is 12.0 Å². The van der Waals surface area contributed by atoms with E-state index in [2.05, 4.69) is 15.6 Å². The quantitative estimate of drug-likeness (QED) is 0.401. The molecular formula is C7H9ClFN3O. The number of hydrogen-bond acceptors (Lipinski definition) is 4. The highest BCUT2D eigenvalue weighted by Crippen LogP contribution is 2.18. The molecule has 1 rings (SSSR count). The normalized spacial score (nSPS) is 26.2. The summed E-state index contributed by atoms with van der Waals surface area (Å²) in [6.07, 6.45) is 2.84. The number of allylic oxidation sites excluding steroid dienone is 1. The summed E-state index contributed by atoms with van der Waals surface area (Å²) in [7, 11) is 0. The predicted octanol–water partition coefficient (Wildman–Crippen LogP) is 0.500. The van der Waals surface area contributed by atoms with Crippen LogP contribution in [0.25, 0.3) is 0 Å². The molecule has 4 nitrogen and oxygen atoms in total. The zero-order chi connectivity index (χ0) is 9.90. The number of nitrogens with one attached hydrogen (secondary N) is 2. The van der Waals surface area contributed by atoms with E-state index in [9.17, 15) is 9.18 Å². The van der Waals surface area contributed by atoms with Crippen LogP contribution in [0.15, 0.2) is 16.9 Å². The molecule has 0 fully saturated rings. The predicted molar refractivity (Wildman–Crippen MR) is 48.1 cm³/mol. The molecular weight excluding hydrogens is 197 g/mol. The Morgan fingerprint density at radius 1 is 1.92 bits per heavy atom. The monoisotopic (exact) mass is 205 g/mol. The van der Waals surface area contributed by atoms with E-state index in [0.29, 0.717) is 12.4 Å². The topological polar surface area (TPSA) is 53.5 Å². The van der Waals surface area contributed by atoms with Crippen molar-refractivity contribution in [1.82, 2.24) is 10.6 Å². The number of hydrogen-bond donors (Lipinski definition) is 2. The average Bonchev–Trinajstić information content (AvgIpc) is 2.04. The van der Waals surface area contributed by atoms with Crippen LogP contribution in [0.3, 0.4) is 0 Å². The molecule has 1 unspecified atom stereocenters. The number of carbonyl (C=O) groups excluding carboxylic acids is 1. The van der Waals surface area contributed by atoms with E-state index >= 15 is 0 Å². The maximum atomic E-state index is 12.4. The van der Waals surface area contributed by atoms with Crippen molar-refractivity contribution in [2.24, 2.45) is 4.99 Å². The third-order valence-corrected chi connectivity index (χ3v) is 1.76. The van der Waals surface area contributed by atoms with Gasteiger partial charge in [-0.25, -0.2) is 4.99 Å². The highest BCUT2D eigenvalue weighted by molar-refractivity contribution is 6.34. The van der Waals surface area contributed by atoms with Crippen molar-refractivity contribution >= 4 is 23.9 Å². The van der Waals surface area contributed by atoms with Gasteiger partial charge in [-0.05, 0) is 13.0 Å². The van der Waals surface area contributed by atoms with Crippen molar-refractivity contribution in [3.63, 3.8) is 0 Å². The lowest BCUT2D eigenvalue weighted by Gasteiger charge is -2.24. The van der Waals surface area contributed by atoms with Gasteiger partial charge in [0.05, 0.1) is 0 Å². The molecule has 1 aliphatic rings. The van der Waals surface area contributed by atoms with Crippen molar-refractivity contribution in [1.29, 1.82) is 0 Å². The summed E-state index contributed by atoms with van der Waals surface area (Å²) in [5, 5.41) is 3.28. The molecule has 2 N–H and O–H groups in total. The number of alkyl halides is 1. The first-order valence-corrected chi connectivity index (χ1v) is 4.12. The number of halogens is 2. The summed E-state index contributed by atoms with van der Waals surface area (Å²) in [4.78, 5) is 13.9. The van der Waals surface area contributed by atoms with Crippen LogP contribution < -0.4 is 10.6 Å². The molecule has 6 heteroatoms. The molecule has 1 atom stereocenters. The molecule has 0 aromatic heterocycles. The van der Waals surface area contributed by atoms with Crippen LogP contribution in [0.1, 0.15) is 6.92 Å². The van der Waals surface area contributed by atoms with Crippen LogP contribution in [-0.2, 0) is 4.79 Å². The Kier molecular flexibility index (Phi) is 2.87. The molecule has 0 aromatic rings. The molecule has 0 radical (unpaired) electrons. The van der Waals surface area contributed by atoms with Crippen molar-refractivity contribution in [3.05, 3.63) is 11.9 Å². The molecule has 0 spiro atoms. The van der Waals surface area contributed by atoms with E-state index < -0.39 is 11.2 Å². The van der Waals surface area contributed by atoms with Crippen LogP contribution in [0.5, 0.6) is 0 Å². The van der Waals surface area contributed by atoms with E-state index in [0.717, 1.165) is 0 Å². The Labute approximate surface area is 79.9 Å². The van der Waals surface area contributed by atoms with Gasteiger partial charge in [-0.2, -0.15) is 4.39 Å². The molecule has 0 saturated carbocycles. The fraction of sp³-hybridized carbons (Fsp3) is 0.429. The maximum absolute atomic E-state index is 12.4. The Morgan fingerprint density at radius 2 is 2.62 bits per heavy atom. The zero-order valence-corrected chi connectivity index (χ0v) is 7.73. The first-order chi connectivity index (χ1) is 6.08. The van der Waals surface area contributed by atoms with E-state index in [1.807, 2.05) is 6.92 Å². The maximum Gasteiger partial charge on any atom is 0.365 e. The van der Waals surface area contributed by atoms with Gasteiger partial charge in [0, 0.05) is 12.8 Å². The van der Waals surface area contributed by atoms with Gasteiger partial charge in [-0.3, -0.25) is 4.79 Å². The highest BCUT2D eigenvalue weighted by atomic mass is 35.5. The van der Waals surface area contributed by atoms with Crippen LogP contribution in [0, 0.1) is 0 Å². The molecule has 0 amide bonds. The number of aliphatic imine (C=N–C) groups is 1. The van der Waals surface area contributed by atoms with Gasteiger partial charge >= 0.3 is 6.04 Å². The number of carbonyl (C=O) groups is 1. The fourth-order valence-electron chi connectivity index (χ4n) is 0.860. The van der Waals surface area contributed by atoms with Gasteiger partial charge in [-0.15, -0.1) is 0 Å². The average molecular weight is 206 g/mol. The summed E-state index contributed by atoms with van der Waals surface area (Å²) in [6, 6.07) is -1.73. The van der Waals surface area contributed by atoms with Crippen LogP contribution in [0.4, 0.5) is 4.39 Å². The summed E-state index contributed by atoms with van der Waals surface area (Å²) in [6.45, 7) is 2.50. The van der Waals surface area contributed by atoms with Crippen LogP contribution in [-0.4, -0.2) is 23.9 Å². The molecule has 0 bridgehead atoms. The first kappa shape index (κ1) is 9.98. The van der Waals surface area contributed by atoms with Gasteiger partial charge in [0.25, 0.3) is 5.12 Å². The number of nitrogens with zero attached hydrogens (tertiary/aromatic N) is 1. The second-order valence-corrected chi connectivity index (χ2v) is 2.96. The van der Waals surface area contributed by atoms with Gasteiger partial charge in [0.1, 0.15) is 5.82 Å².